The molecule has 0 fully saturated rings. The van der Waals surface area contributed by atoms with Crippen LogP contribution in [0.5, 0.6) is 0 Å². The summed E-state index contributed by atoms with van der Waals surface area (Å²) in [6, 6.07) is 0. The maximum absolute atomic E-state index is 5.65. The van der Waals surface area contributed by atoms with E-state index in [0.29, 0.717) is 106 Å². The summed E-state index contributed by atoms with van der Waals surface area (Å²) >= 11 is 0. The van der Waals surface area contributed by atoms with Crippen LogP contribution in [-0.2, 0) is 42.6 Å². The van der Waals surface area contributed by atoms with Crippen molar-refractivity contribution in [3.63, 3.8) is 0 Å². The second-order valence-electron chi connectivity index (χ2n) is 10.4. The quantitative estimate of drug-likeness (QED) is 0.0753. The van der Waals surface area contributed by atoms with Crippen molar-refractivity contribution >= 4 is 0 Å². The molecule has 0 atom stereocenters. The lowest BCUT2D eigenvalue weighted by molar-refractivity contribution is -0.0250. The Hall–Kier alpha value is -0.360. The molecule has 9 nitrogen and oxygen atoms in total. The Labute approximate surface area is 258 Å². The Morgan fingerprint density at radius 3 is 0.643 bits per heavy atom. The normalized spacial score (nSPS) is 11.6. The van der Waals surface area contributed by atoms with E-state index in [1.54, 1.807) is 0 Å². The van der Waals surface area contributed by atoms with Crippen LogP contribution in [0.25, 0.3) is 0 Å². The summed E-state index contributed by atoms with van der Waals surface area (Å²) in [4.78, 5) is 0. The van der Waals surface area contributed by atoms with E-state index < -0.39 is 0 Å². The molecule has 0 aromatic heterocycles. The largest absolute Gasteiger partial charge is 0.379 e. The zero-order chi connectivity index (χ0) is 30.3. The fourth-order valence-corrected chi connectivity index (χ4v) is 3.98. The Morgan fingerprint density at radius 1 is 0.190 bits per heavy atom. The Kier molecular flexibility index (Phi) is 40.3. The molecular weight excluding hydrogens is 540 g/mol. The molecule has 0 unspecified atom stereocenters. The molecule has 0 saturated carbocycles. The van der Waals surface area contributed by atoms with E-state index in [2.05, 4.69) is 13.8 Å². The van der Waals surface area contributed by atoms with Crippen LogP contribution in [0.2, 0.25) is 0 Å². The van der Waals surface area contributed by atoms with E-state index in [0.717, 1.165) is 32.5 Å². The molecular formula is C33H68O9. The van der Waals surface area contributed by atoms with E-state index in [-0.39, 0.29) is 0 Å². The first kappa shape index (κ1) is 41.6. The lowest BCUT2D eigenvalue weighted by Gasteiger charge is -2.09. The third-order valence-electron chi connectivity index (χ3n) is 6.51. The fourth-order valence-electron chi connectivity index (χ4n) is 3.98. The van der Waals surface area contributed by atoms with Crippen LogP contribution in [0.4, 0.5) is 0 Å². The van der Waals surface area contributed by atoms with Gasteiger partial charge in [0.15, 0.2) is 0 Å². The summed E-state index contributed by atoms with van der Waals surface area (Å²) in [5.41, 5.74) is 0. The number of ether oxygens (including phenoxy) is 9. The first-order chi connectivity index (χ1) is 20.9. The molecule has 0 saturated heterocycles. The molecule has 0 N–H and O–H groups in total. The van der Waals surface area contributed by atoms with Gasteiger partial charge in [0, 0.05) is 13.2 Å². The molecule has 42 heavy (non-hydrogen) atoms. The zero-order valence-electron chi connectivity index (χ0n) is 27.6. The van der Waals surface area contributed by atoms with Crippen LogP contribution < -0.4 is 0 Å². The van der Waals surface area contributed by atoms with E-state index >= 15 is 0 Å². The summed E-state index contributed by atoms with van der Waals surface area (Å²) in [5, 5.41) is 0. The van der Waals surface area contributed by atoms with Gasteiger partial charge in [-0.15, -0.1) is 0 Å². The van der Waals surface area contributed by atoms with Gasteiger partial charge in [0.2, 0.25) is 0 Å². The van der Waals surface area contributed by atoms with Crippen LogP contribution in [0, 0.1) is 0 Å². The fraction of sp³-hybridized carbons (Fsp3) is 1.00. The third-order valence-corrected chi connectivity index (χ3v) is 6.51. The highest BCUT2D eigenvalue weighted by Crippen LogP contribution is 2.11. The van der Waals surface area contributed by atoms with Gasteiger partial charge in [0.1, 0.15) is 0 Å². The van der Waals surface area contributed by atoms with Crippen molar-refractivity contribution in [2.75, 3.05) is 119 Å². The topological polar surface area (TPSA) is 83.1 Å². The predicted octanol–water partition coefficient (Wildman–Crippen LogP) is 6.25. The SMILES string of the molecule is CCCCCCCCCCCCCOCCOCCOCCOCCOCCOCCOCCOCCOCCCC. The average molecular weight is 609 g/mol. The molecule has 254 valence electrons. The van der Waals surface area contributed by atoms with E-state index in [9.17, 15) is 0 Å². The van der Waals surface area contributed by atoms with Crippen molar-refractivity contribution in [1.82, 2.24) is 0 Å². The number of rotatable bonds is 39. The molecule has 0 rings (SSSR count). The van der Waals surface area contributed by atoms with Gasteiger partial charge in [-0.3, -0.25) is 0 Å². The van der Waals surface area contributed by atoms with Crippen LogP contribution in [-0.4, -0.2) is 119 Å². The maximum atomic E-state index is 5.65. The van der Waals surface area contributed by atoms with Gasteiger partial charge >= 0.3 is 0 Å². The van der Waals surface area contributed by atoms with E-state index in [1.165, 1.54) is 64.2 Å². The summed E-state index contributed by atoms with van der Waals surface area (Å²) in [6.07, 6.45) is 17.2. The van der Waals surface area contributed by atoms with Gasteiger partial charge in [0.05, 0.1) is 106 Å². The first-order valence-electron chi connectivity index (χ1n) is 17.1. The summed E-state index contributed by atoms with van der Waals surface area (Å²) in [7, 11) is 0. The Bertz CT molecular complexity index is 417. The van der Waals surface area contributed by atoms with Gasteiger partial charge in [-0.05, 0) is 12.8 Å². The molecule has 0 aliphatic heterocycles. The summed E-state index contributed by atoms with van der Waals surface area (Å²) in [5.74, 6) is 0. The van der Waals surface area contributed by atoms with Crippen LogP contribution in [0.1, 0.15) is 97.3 Å². The van der Waals surface area contributed by atoms with E-state index in [4.69, 9.17) is 42.6 Å². The predicted molar refractivity (Wildman–Crippen MR) is 169 cm³/mol. The second-order valence-corrected chi connectivity index (χ2v) is 10.4. The van der Waals surface area contributed by atoms with E-state index in [1.807, 2.05) is 0 Å². The second kappa shape index (κ2) is 40.6. The van der Waals surface area contributed by atoms with Crippen molar-refractivity contribution in [2.24, 2.45) is 0 Å². The molecule has 0 heterocycles. The van der Waals surface area contributed by atoms with Gasteiger partial charge in [0.25, 0.3) is 0 Å². The smallest absolute Gasteiger partial charge is 0.0701 e. The lowest BCUT2D eigenvalue weighted by Crippen LogP contribution is -2.15. The minimum Gasteiger partial charge on any atom is -0.379 e. The van der Waals surface area contributed by atoms with Gasteiger partial charge in [-0.25, -0.2) is 0 Å². The third kappa shape index (κ3) is 39.6. The minimum atomic E-state index is 0.543. The standard InChI is InChI=1S/C33H68O9/c1-3-5-7-8-9-10-11-12-13-14-15-17-35-19-21-37-23-25-39-27-29-41-31-33-42-32-30-40-28-26-38-24-22-36-20-18-34-16-6-4-2/h3-33H2,1-2H3. The van der Waals surface area contributed by atoms with Gasteiger partial charge in [-0.2, -0.15) is 0 Å². The monoisotopic (exact) mass is 608 g/mol. The van der Waals surface area contributed by atoms with Gasteiger partial charge in [-0.1, -0.05) is 84.5 Å². The highest BCUT2D eigenvalue weighted by atomic mass is 16.6. The zero-order valence-corrected chi connectivity index (χ0v) is 27.6. The highest BCUT2D eigenvalue weighted by Gasteiger charge is 1.97. The maximum Gasteiger partial charge on any atom is 0.0701 e. The van der Waals surface area contributed by atoms with Crippen molar-refractivity contribution in [1.29, 1.82) is 0 Å². The number of hydrogen-bond donors (Lipinski definition) is 0. The molecule has 9 heteroatoms. The summed E-state index contributed by atoms with van der Waals surface area (Å²) < 4.78 is 49.5. The molecule has 0 aromatic carbocycles. The molecule has 0 aliphatic carbocycles. The first-order valence-corrected chi connectivity index (χ1v) is 17.1. The molecule has 0 amide bonds. The molecule has 0 bridgehead atoms. The van der Waals surface area contributed by atoms with Crippen molar-refractivity contribution < 1.29 is 42.6 Å². The molecule has 0 aliphatic rings. The molecule has 0 spiro atoms. The minimum absolute atomic E-state index is 0.543. The summed E-state index contributed by atoms with van der Waals surface area (Å²) in [6.45, 7) is 15.3. The van der Waals surface area contributed by atoms with Crippen molar-refractivity contribution in [3.8, 4) is 0 Å². The number of hydrogen-bond acceptors (Lipinski definition) is 9. The Morgan fingerprint density at radius 2 is 0.381 bits per heavy atom. The average Bonchev–Trinajstić information content (AvgIpc) is 3.00. The lowest BCUT2D eigenvalue weighted by atomic mass is 10.1. The van der Waals surface area contributed by atoms with Crippen LogP contribution in [0.15, 0.2) is 0 Å². The van der Waals surface area contributed by atoms with Crippen molar-refractivity contribution in [3.05, 3.63) is 0 Å². The molecule has 0 radical (unpaired) electrons. The van der Waals surface area contributed by atoms with Crippen LogP contribution >= 0.6 is 0 Å². The van der Waals surface area contributed by atoms with Crippen LogP contribution in [0.3, 0.4) is 0 Å². The van der Waals surface area contributed by atoms with Gasteiger partial charge < -0.3 is 42.6 Å². The highest BCUT2D eigenvalue weighted by molar-refractivity contribution is 4.48. The molecule has 0 aromatic rings. The Balaban J connectivity index is 3.02. The number of unbranched alkanes of at least 4 members (excludes halogenated alkanes) is 11. The van der Waals surface area contributed by atoms with Crippen molar-refractivity contribution in [2.45, 2.75) is 97.3 Å².